The second-order valence-electron chi connectivity index (χ2n) is 6.24. The molecule has 0 bridgehead atoms. The number of para-hydroxylation sites is 1. The van der Waals surface area contributed by atoms with E-state index in [1.54, 1.807) is 24.3 Å². The first-order valence-electron chi connectivity index (χ1n) is 8.14. The molecule has 2 aromatic carbocycles. The first-order valence-corrected chi connectivity index (χ1v) is 8.89. The Bertz CT molecular complexity index is 1020. The van der Waals surface area contributed by atoms with Crippen LogP contribution in [0.3, 0.4) is 0 Å². The van der Waals surface area contributed by atoms with Gasteiger partial charge in [-0.1, -0.05) is 54.9 Å². The third kappa shape index (κ3) is 3.66. The summed E-state index contributed by atoms with van der Waals surface area (Å²) in [5, 5.41) is 4.91. The van der Waals surface area contributed by atoms with E-state index in [0.29, 0.717) is 16.5 Å². The second-order valence-corrected chi connectivity index (χ2v) is 7.08. The number of hydrogen-bond donors (Lipinski definition) is 2. The number of rotatable bonds is 4. The van der Waals surface area contributed by atoms with E-state index in [1.807, 2.05) is 24.4 Å². The Morgan fingerprint density at radius 3 is 2.63 bits per heavy atom. The lowest BCUT2D eigenvalue weighted by Crippen LogP contribution is -2.32. The molecular formula is C20H19Cl2N3O2. The summed E-state index contributed by atoms with van der Waals surface area (Å²) in [6.07, 6.45) is 2.23. The van der Waals surface area contributed by atoms with Gasteiger partial charge in [0.2, 0.25) is 0 Å². The Kier molecular flexibility index (Phi) is 5.44. The van der Waals surface area contributed by atoms with Crippen LogP contribution in [0.5, 0.6) is 0 Å². The maximum Gasteiger partial charge on any atom is 0.325 e. The smallest absolute Gasteiger partial charge is 0.325 e. The maximum absolute atomic E-state index is 12.7. The molecule has 1 aliphatic heterocycles. The largest absolute Gasteiger partial charge is 0.360 e. The minimum Gasteiger partial charge on any atom is -0.360 e. The van der Waals surface area contributed by atoms with E-state index >= 15 is 0 Å². The number of amides is 3. The van der Waals surface area contributed by atoms with Crippen LogP contribution in [0, 0.1) is 0 Å². The Labute approximate surface area is 167 Å². The highest BCUT2D eigenvalue weighted by molar-refractivity contribution is 6.35. The van der Waals surface area contributed by atoms with Gasteiger partial charge in [0, 0.05) is 23.0 Å². The predicted octanol–water partition coefficient (Wildman–Crippen LogP) is 4.77. The summed E-state index contributed by atoms with van der Waals surface area (Å²) in [5.74, 6) is -0.244. The zero-order valence-electron chi connectivity index (χ0n) is 13.6. The van der Waals surface area contributed by atoms with Crippen molar-refractivity contribution >= 4 is 46.0 Å². The van der Waals surface area contributed by atoms with Gasteiger partial charge in [-0.3, -0.25) is 9.69 Å². The van der Waals surface area contributed by atoms with E-state index < -0.39 is 12.1 Å². The quantitative estimate of drug-likeness (QED) is 0.615. The number of nitrogens with one attached hydrogen (secondary N) is 2. The van der Waals surface area contributed by atoms with Gasteiger partial charge in [0.05, 0.1) is 17.1 Å². The van der Waals surface area contributed by atoms with Crippen LogP contribution in [0.4, 0.5) is 4.79 Å². The molecule has 1 atom stereocenters. The van der Waals surface area contributed by atoms with Crippen LogP contribution in [-0.4, -0.2) is 27.9 Å². The number of aromatic amines is 1. The van der Waals surface area contributed by atoms with Crippen LogP contribution in [0.25, 0.3) is 10.9 Å². The summed E-state index contributed by atoms with van der Waals surface area (Å²) in [4.78, 5) is 29.3. The van der Waals surface area contributed by atoms with E-state index in [4.69, 9.17) is 23.2 Å². The summed E-state index contributed by atoms with van der Waals surface area (Å²) in [6, 6.07) is 11.8. The highest BCUT2D eigenvalue weighted by atomic mass is 35.5. The van der Waals surface area contributed by atoms with Gasteiger partial charge in [0.25, 0.3) is 5.91 Å². The lowest BCUT2D eigenvalue weighted by atomic mass is 10.0. The van der Waals surface area contributed by atoms with Crippen molar-refractivity contribution in [2.24, 2.45) is 0 Å². The highest BCUT2D eigenvalue weighted by Gasteiger charge is 2.38. The van der Waals surface area contributed by atoms with Gasteiger partial charge >= 0.3 is 6.03 Å². The zero-order valence-corrected chi connectivity index (χ0v) is 15.1. The number of benzene rings is 2. The van der Waals surface area contributed by atoms with Crippen LogP contribution in [0.2, 0.25) is 10.0 Å². The minimum atomic E-state index is -0.598. The molecule has 2 N–H and O–H groups in total. The molecule has 3 aromatic rings. The molecule has 1 saturated heterocycles. The van der Waals surface area contributed by atoms with Crippen LogP contribution < -0.4 is 5.32 Å². The van der Waals surface area contributed by atoms with Crippen LogP contribution in [0.1, 0.15) is 18.6 Å². The molecule has 7 heteroatoms. The van der Waals surface area contributed by atoms with E-state index in [1.165, 1.54) is 4.90 Å². The van der Waals surface area contributed by atoms with Gasteiger partial charge < -0.3 is 10.3 Å². The van der Waals surface area contributed by atoms with Crippen molar-refractivity contribution in [1.29, 1.82) is 0 Å². The molecular weight excluding hydrogens is 385 g/mol. The van der Waals surface area contributed by atoms with Crippen molar-refractivity contribution in [3.05, 3.63) is 69.8 Å². The van der Waals surface area contributed by atoms with Gasteiger partial charge in [0.15, 0.2) is 0 Å². The molecule has 1 aliphatic rings. The monoisotopic (exact) mass is 403 g/mol. The van der Waals surface area contributed by atoms with Crippen molar-refractivity contribution in [3.63, 3.8) is 0 Å². The number of hydrogen-bond acceptors (Lipinski definition) is 2. The third-order valence-corrected chi connectivity index (χ3v) is 5.06. The fourth-order valence-electron chi connectivity index (χ4n) is 3.25. The number of fused-ring (bicyclic) bond motifs is 1. The molecule has 1 aromatic heterocycles. The van der Waals surface area contributed by atoms with Gasteiger partial charge in [0.1, 0.15) is 6.04 Å². The number of imide groups is 1. The van der Waals surface area contributed by atoms with Gasteiger partial charge in [-0.15, -0.1) is 0 Å². The lowest BCUT2D eigenvalue weighted by molar-refractivity contribution is -0.127. The molecule has 0 spiro atoms. The SMILES string of the molecule is C.O=C1N[C@H](Cc2c[nH]c3c(Cl)cccc23)C(=O)N1Cc1cccc(Cl)c1. The molecule has 4 rings (SSSR count). The molecule has 0 radical (unpaired) electrons. The fourth-order valence-corrected chi connectivity index (χ4v) is 3.69. The van der Waals surface area contributed by atoms with E-state index in [2.05, 4.69) is 10.3 Å². The molecule has 27 heavy (non-hydrogen) atoms. The maximum atomic E-state index is 12.7. The van der Waals surface area contributed by atoms with Crippen LogP contribution in [0.15, 0.2) is 48.7 Å². The second kappa shape index (κ2) is 7.62. The predicted molar refractivity (Wildman–Crippen MR) is 108 cm³/mol. The molecule has 5 nitrogen and oxygen atoms in total. The number of H-pyrrole nitrogens is 1. The molecule has 0 saturated carbocycles. The highest BCUT2D eigenvalue weighted by Crippen LogP contribution is 2.27. The van der Waals surface area contributed by atoms with Crippen LogP contribution >= 0.6 is 23.2 Å². The minimum absolute atomic E-state index is 0. The molecule has 140 valence electrons. The summed E-state index contributed by atoms with van der Waals surface area (Å²) < 4.78 is 0. The Morgan fingerprint density at radius 1 is 1.07 bits per heavy atom. The fraction of sp³-hybridized carbons (Fsp3) is 0.200. The summed E-state index contributed by atoms with van der Waals surface area (Å²) in [6.45, 7) is 0.196. The number of urea groups is 1. The van der Waals surface area contributed by atoms with Crippen molar-refractivity contribution in [2.75, 3.05) is 0 Å². The molecule has 3 amide bonds. The number of halogens is 2. The number of carbonyl (C=O) groups is 2. The number of aromatic nitrogens is 1. The summed E-state index contributed by atoms with van der Waals surface area (Å²) >= 11 is 12.2. The van der Waals surface area contributed by atoms with Crippen molar-refractivity contribution in [2.45, 2.75) is 26.4 Å². The topological polar surface area (TPSA) is 65.2 Å². The normalized spacial score (nSPS) is 16.5. The Morgan fingerprint density at radius 2 is 1.85 bits per heavy atom. The van der Waals surface area contributed by atoms with Crippen molar-refractivity contribution in [1.82, 2.24) is 15.2 Å². The Hall–Kier alpha value is -2.50. The van der Waals surface area contributed by atoms with Crippen molar-refractivity contribution in [3.8, 4) is 0 Å². The molecule has 0 unspecified atom stereocenters. The molecule has 0 aliphatic carbocycles. The first-order chi connectivity index (χ1) is 12.5. The zero-order chi connectivity index (χ0) is 18.3. The summed E-state index contributed by atoms with van der Waals surface area (Å²) in [7, 11) is 0. The summed E-state index contributed by atoms with van der Waals surface area (Å²) in [5.41, 5.74) is 2.57. The van der Waals surface area contributed by atoms with E-state index in [9.17, 15) is 9.59 Å². The van der Waals surface area contributed by atoms with Crippen molar-refractivity contribution < 1.29 is 9.59 Å². The van der Waals surface area contributed by atoms with Crippen LogP contribution in [-0.2, 0) is 17.8 Å². The average Bonchev–Trinajstić information content (AvgIpc) is 3.13. The third-order valence-electron chi connectivity index (χ3n) is 4.51. The number of nitrogens with zero attached hydrogens (tertiary/aromatic N) is 1. The lowest BCUT2D eigenvalue weighted by Gasteiger charge is -2.13. The first kappa shape index (κ1) is 19.3. The molecule has 2 heterocycles. The molecule has 1 fully saturated rings. The number of carbonyl (C=O) groups excluding carboxylic acids is 2. The average molecular weight is 404 g/mol. The van der Waals surface area contributed by atoms with E-state index in [0.717, 1.165) is 22.0 Å². The van der Waals surface area contributed by atoms with E-state index in [-0.39, 0.29) is 19.9 Å². The standard InChI is InChI=1S/C19H15Cl2N3O2.CH4/c20-13-4-1-3-11(7-13)10-24-18(25)16(23-19(24)26)8-12-9-22-17-14(12)5-2-6-15(17)21;/h1-7,9,16,22H,8,10H2,(H,23,26);1H4/t16-;/m1./s1. The van der Waals surface area contributed by atoms with Gasteiger partial charge in [-0.2, -0.15) is 0 Å². The Balaban J connectivity index is 0.00000210. The van der Waals surface area contributed by atoms with Gasteiger partial charge in [-0.25, -0.2) is 4.79 Å². The van der Waals surface area contributed by atoms with Gasteiger partial charge in [-0.05, 0) is 29.3 Å².